The van der Waals surface area contributed by atoms with E-state index in [2.05, 4.69) is 10.2 Å². The molecular weight excluding hydrogens is 160 g/mol. The van der Waals surface area contributed by atoms with Gasteiger partial charge in [-0.05, 0) is 44.8 Å². The molecule has 1 N–H and O–H groups in total. The van der Waals surface area contributed by atoms with Crippen LogP contribution < -0.4 is 5.32 Å². The second-order valence-corrected chi connectivity index (χ2v) is 4.95. The van der Waals surface area contributed by atoms with Crippen LogP contribution in [-0.4, -0.2) is 36.6 Å². The fraction of sp³-hybridized carbons (Fsp3) is 1.00. The Morgan fingerprint density at radius 2 is 1.77 bits per heavy atom. The third-order valence-corrected chi connectivity index (χ3v) is 4.16. The van der Waals surface area contributed by atoms with Crippen LogP contribution in [-0.2, 0) is 0 Å². The highest BCUT2D eigenvalue weighted by Crippen LogP contribution is 2.38. The van der Waals surface area contributed by atoms with Crippen LogP contribution >= 0.6 is 0 Å². The Morgan fingerprint density at radius 1 is 1.00 bits per heavy atom. The summed E-state index contributed by atoms with van der Waals surface area (Å²) >= 11 is 0. The summed E-state index contributed by atoms with van der Waals surface area (Å²) in [5.41, 5.74) is 0. The summed E-state index contributed by atoms with van der Waals surface area (Å²) in [6.45, 7) is 4.05. The molecule has 3 saturated heterocycles. The topological polar surface area (TPSA) is 15.3 Å². The zero-order valence-corrected chi connectivity index (χ0v) is 8.34. The van der Waals surface area contributed by atoms with Crippen LogP contribution in [0.1, 0.15) is 32.1 Å². The highest BCUT2D eigenvalue weighted by Gasteiger charge is 2.49. The number of nitrogens with zero attached hydrogens (tertiary/aromatic N) is 1. The van der Waals surface area contributed by atoms with Gasteiger partial charge in [-0.1, -0.05) is 12.8 Å². The van der Waals surface area contributed by atoms with Crippen LogP contribution in [0.25, 0.3) is 0 Å². The number of fused-ring (bicyclic) bond motifs is 1. The Labute approximate surface area is 80.7 Å². The highest BCUT2D eigenvalue weighted by atomic mass is 15.2. The molecule has 1 saturated carbocycles. The van der Waals surface area contributed by atoms with Gasteiger partial charge in [0.2, 0.25) is 0 Å². The zero-order valence-electron chi connectivity index (χ0n) is 8.34. The molecule has 2 bridgehead atoms. The standard InChI is InChI=1S/C11H20N2/c1-2-4-6-13(5-3-1)11-9-7-10(11)12-8-9/h9-12H,1-8H2. The molecule has 0 radical (unpaired) electrons. The molecule has 3 unspecified atom stereocenters. The Hall–Kier alpha value is -0.0800. The summed E-state index contributed by atoms with van der Waals surface area (Å²) in [6.07, 6.45) is 7.27. The van der Waals surface area contributed by atoms with E-state index in [4.69, 9.17) is 0 Å². The average molecular weight is 180 g/mol. The lowest BCUT2D eigenvalue weighted by Crippen LogP contribution is -2.54. The van der Waals surface area contributed by atoms with E-state index in [0.29, 0.717) is 0 Å². The molecule has 3 heterocycles. The van der Waals surface area contributed by atoms with Crippen molar-refractivity contribution in [1.29, 1.82) is 0 Å². The maximum atomic E-state index is 3.62. The number of nitrogens with one attached hydrogen (secondary N) is 1. The van der Waals surface area contributed by atoms with Crippen molar-refractivity contribution in [3.63, 3.8) is 0 Å². The molecule has 0 spiro atoms. The van der Waals surface area contributed by atoms with Gasteiger partial charge in [0.05, 0.1) is 0 Å². The van der Waals surface area contributed by atoms with Crippen LogP contribution in [0.4, 0.5) is 0 Å². The Balaban J connectivity index is 1.64. The third kappa shape index (κ3) is 1.31. The minimum absolute atomic E-state index is 0.864. The lowest BCUT2D eigenvalue weighted by Gasteiger charge is -2.43. The SMILES string of the molecule is C1CCCN(C2C3CNC2C3)CC1. The molecule has 0 aromatic carbocycles. The largest absolute Gasteiger partial charge is 0.312 e. The van der Waals surface area contributed by atoms with Gasteiger partial charge >= 0.3 is 0 Å². The van der Waals surface area contributed by atoms with Gasteiger partial charge in [-0.25, -0.2) is 0 Å². The summed E-state index contributed by atoms with van der Waals surface area (Å²) < 4.78 is 0. The van der Waals surface area contributed by atoms with Crippen molar-refractivity contribution in [2.24, 2.45) is 5.92 Å². The van der Waals surface area contributed by atoms with E-state index >= 15 is 0 Å². The van der Waals surface area contributed by atoms with E-state index in [-0.39, 0.29) is 0 Å². The van der Waals surface area contributed by atoms with Crippen LogP contribution in [0.5, 0.6) is 0 Å². The second-order valence-electron chi connectivity index (χ2n) is 4.95. The van der Waals surface area contributed by atoms with Gasteiger partial charge in [0.25, 0.3) is 0 Å². The highest BCUT2D eigenvalue weighted by molar-refractivity contribution is 5.07. The molecule has 0 amide bonds. The van der Waals surface area contributed by atoms with Gasteiger partial charge in [-0.15, -0.1) is 0 Å². The molecule has 4 rings (SSSR count). The quantitative estimate of drug-likeness (QED) is 0.653. The van der Waals surface area contributed by atoms with Crippen LogP contribution in [0, 0.1) is 5.92 Å². The van der Waals surface area contributed by atoms with Gasteiger partial charge in [-0.2, -0.15) is 0 Å². The lowest BCUT2D eigenvalue weighted by atomic mass is 9.79. The molecule has 4 fully saturated rings. The summed E-state index contributed by atoms with van der Waals surface area (Å²) in [4.78, 5) is 2.77. The molecule has 74 valence electrons. The molecule has 13 heavy (non-hydrogen) atoms. The monoisotopic (exact) mass is 180 g/mol. The molecule has 0 aromatic heterocycles. The molecule has 1 aliphatic carbocycles. The fourth-order valence-electron chi connectivity index (χ4n) is 3.39. The van der Waals surface area contributed by atoms with Crippen molar-refractivity contribution in [3.05, 3.63) is 0 Å². The Kier molecular flexibility index (Phi) is 2.06. The molecule has 2 nitrogen and oxygen atoms in total. The molecule has 0 aromatic rings. The predicted molar refractivity (Wildman–Crippen MR) is 53.7 cm³/mol. The van der Waals surface area contributed by atoms with Crippen molar-refractivity contribution < 1.29 is 0 Å². The van der Waals surface area contributed by atoms with Gasteiger partial charge < -0.3 is 5.32 Å². The number of hydrogen-bond acceptors (Lipinski definition) is 2. The van der Waals surface area contributed by atoms with Crippen LogP contribution in [0.15, 0.2) is 0 Å². The van der Waals surface area contributed by atoms with Crippen molar-refractivity contribution >= 4 is 0 Å². The number of rotatable bonds is 1. The first-order valence-electron chi connectivity index (χ1n) is 5.92. The van der Waals surface area contributed by atoms with Gasteiger partial charge in [0, 0.05) is 12.1 Å². The van der Waals surface area contributed by atoms with Crippen molar-refractivity contribution in [2.75, 3.05) is 19.6 Å². The summed E-state index contributed by atoms with van der Waals surface area (Å²) in [6, 6.07) is 1.79. The number of hydrogen-bond donors (Lipinski definition) is 1. The van der Waals surface area contributed by atoms with Crippen molar-refractivity contribution in [2.45, 2.75) is 44.2 Å². The number of likely N-dealkylation sites (tertiary alicyclic amines) is 1. The maximum Gasteiger partial charge on any atom is 0.0290 e. The van der Waals surface area contributed by atoms with Crippen molar-refractivity contribution in [1.82, 2.24) is 10.2 Å². The van der Waals surface area contributed by atoms with E-state index in [9.17, 15) is 0 Å². The smallest absolute Gasteiger partial charge is 0.0290 e. The lowest BCUT2D eigenvalue weighted by molar-refractivity contribution is 0.0852. The molecule has 3 atom stereocenters. The van der Waals surface area contributed by atoms with Crippen molar-refractivity contribution in [3.8, 4) is 0 Å². The average Bonchev–Trinajstić information content (AvgIpc) is 2.65. The van der Waals surface area contributed by atoms with Crippen LogP contribution in [0.2, 0.25) is 0 Å². The van der Waals surface area contributed by atoms with E-state index in [1.165, 1.54) is 51.7 Å². The molecule has 4 aliphatic rings. The minimum atomic E-state index is 0.864. The predicted octanol–water partition coefficient (Wildman–Crippen LogP) is 1.22. The Morgan fingerprint density at radius 3 is 2.31 bits per heavy atom. The summed E-state index contributed by atoms with van der Waals surface area (Å²) in [5.74, 6) is 1.00. The van der Waals surface area contributed by atoms with E-state index in [1.54, 1.807) is 0 Å². The third-order valence-electron chi connectivity index (χ3n) is 4.16. The summed E-state index contributed by atoms with van der Waals surface area (Å²) in [5, 5.41) is 3.62. The maximum absolute atomic E-state index is 3.62. The van der Waals surface area contributed by atoms with E-state index in [1.807, 2.05) is 0 Å². The Bertz CT molecular complexity index is 171. The van der Waals surface area contributed by atoms with E-state index < -0.39 is 0 Å². The second kappa shape index (κ2) is 3.25. The van der Waals surface area contributed by atoms with Crippen LogP contribution in [0.3, 0.4) is 0 Å². The molecule has 3 aliphatic heterocycles. The molecule has 2 heteroatoms. The van der Waals surface area contributed by atoms with E-state index in [0.717, 1.165) is 18.0 Å². The van der Waals surface area contributed by atoms with Gasteiger partial charge in [-0.3, -0.25) is 4.90 Å². The first kappa shape index (κ1) is 8.25. The minimum Gasteiger partial charge on any atom is -0.312 e. The normalized spacial score (nSPS) is 45.7. The first-order valence-corrected chi connectivity index (χ1v) is 5.92. The molecular formula is C11H20N2. The summed E-state index contributed by atoms with van der Waals surface area (Å²) in [7, 11) is 0. The fourth-order valence-corrected chi connectivity index (χ4v) is 3.39. The first-order chi connectivity index (χ1) is 6.45. The van der Waals surface area contributed by atoms with Gasteiger partial charge in [0.15, 0.2) is 0 Å². The zero-order chi connectivity index (χ0) is 8.67. The van der Waals surface area contributed by atoms with Gasteiger partial charge in [0.1, 0.15) is 0 Å².